The Hall–Kier alpha value is -2.82. The first-order valence-electron chi connectivity index (χ1n) is 9.00. The molecule has 0 aliphatic heterocycles. The van der Waals surface area contributed by atoms with E-state index in [-0.39, 0.29) is 5.91 Å². The molecule has 1 aromatic heterocycles. The number of imidazole rings is 1. The van der Waals surface area contributed by atoms with Crippen LogP contribution in [0.4, 0.5) is 0 Å². The van der Waals surface area contributed by atoms with Crippen LogP contribution in [0.15, 0.2) is 48.5 Å². The van der Waals surface area contributed by atoms with Crippen molar-refractivity contribution in [2.24, 2.45) is 7.05 Å². The summed E-state index contributed by atoms with van der Waals surface area (Å²) in [5.41, 5.74) is 3.21. The molecule has 0 bridgehead atoms. The van der Waals surface area contributed by atoms with Gasteiger partial charge < -0.3 is 14.6 Å². The predicted molar refractivity (Wildman–Crippen MR) is 103 cm³/mol. The number of fused-ring (bicyclic) bond motifs is 1. The maximum Gasteiger partial charge on any atom is 0.220 e. The Balaban J connectivity index is 1.37. The van der Waals surface area contributed by atoms with Crippen LogP contribution in [0.25, 0.3) is 11.0 Å². The highest BCUT2D eigenvalue weighted by atomic mass is 16.5. The summed E-state index contributed by atoms with van der Waals surface area (Å²) in [5.74, 6) is 1.80. The molecule has 26 heavy (non-hydrogen) atoms. The Bertz CT molecular complexity index is 886. The zero-order chi connectivity index (χ0) is 18.4. The molecule has 1 amide bonds. The number of hydrogen-bond donors (Lipinski definition) is 1. The van der Waals surface area contributed by atoms with Crippen molar-refractivity contribution in [3.63, 3.8) is 0 Å². The first-order chi connectivity index (χ1) is 12.6. The van der Waals surface area contributed by atoms with Crippen LogP contribution in [0.3, 0.4) is 0 Å². The number of para-hydroxylation sites is 2. The average molecular weight is 351 g/mol. The van der Waals surface area contributed by atoms with E-state index in [1.165, 1.54) is 5.56 Å². The number of amides is 1. The van der Waals surface area contributed by atoms with Crippen LogP contribution in [0.2, 0.25) is 0 Å². The predicted octanol–water partition coefficient (Wildman–Crippen LogP) is 3.75. The van der Waals surface area contributed by atoms with Crippen molar-refractivity contribution in [2.75, 3.05) is 6.61 Å². The Morgan fingerprint density at radius 1 is 1.15 bits per heavy atom. The quantitative estimate of drug-likeness (QED) is 0.629. The van der Waals surface area contributed by atoms with Gasteiger partial charge in [-0.2, -0.15) is 0 Å². The summed E-state index contributed by atoms with van der Waals surface area (Å²) in [7, 11) is 1.97. The van der Waals surface area contributed by atoms with Crippen LogP contribution >= 0.6 is 0 Å². The average Bonchev–Trinajstić information content (AvgIpc) is 2.96. The van der Waals surface area contributed by atoms with E-state index in [9.17, 15) is 4.79 Å². The summed E-state index contributed by atoms with van der Waals surface area (Å²) in [6, 6.07) is 16.0. The number of nitrogens with one attached hydrogen (secondary N) is 1. The van der Waals surface area contributed by atoms with E-state index in [1.807, 2.05) is 67.1 Å². The molecule has 3 aromatic rings. The number of aryl methyl sites for hydroxylation is 2. The van der Waals surface area contributed by atoms with Crippen LogP contribution in [0, 0.1) is 6.92 Å². The van der Waals surface area contributed by atoms with Crippen molar-refractivity contribution in [1.82, 2.24) is 14.9 Å². The largest absolute Gasteiger partial charge is 0.494 e. The van der Waals surface area contributed by atoms with Gasteiger partial charge in [0, 0.05) is 13.5 Å². The number of hydrogen-bond acceptors (Lipinski definition) is 3. The van der Waals surface area contributed by atoms with E-state index in [0.29, 0.717) is 19.6 Å². The fourth-order valence-corrected chi connectivity index (χ4v) is 2.90. The fraction of sp³-hybridized carbons (Fsp3) is 0.333. The molecule has 136 valence electrons. The molecule has 0 saturated heterocycles. The topological polar surface area (TPSA) is 56.1 Å². The summed E-state index contributed by atoms with van der Waals surface area (Å²) in [6.07, 6.45) is 2.16. The normalized spacial score (nSPS) is 10.8. The number of nitrogens with zero attached hydrogens (tertiary/aromatic N) is 2. The highest BCUT2D eigenvalue weighted by Crippen LogP contribution is 2.14. The Morgan fingerprint density at radius 2 is 2.00 bits per heavy atom. The van der Waals surface area contributed by atoms with Gasteiger partial charge in [-0.3, -0.25) is 4.79 Å². The van der Waals surface area contributed by atoms with E-state index in [2.05, 4.69) is 10.3 Å². The van der Waals surface area contributed by atoms with Crippen molar-refractivity contribution in [3.8, 4) is 5.75 Å². The van der Waals surface area contributed by atoms with Gasteiger partial charge in [-0.05, 0) is 49.6 Å². The third kappa shape index (κ3) is 4.63. The lowest BCUT2D eigenvalue weighted by Gasteiger charge is -2.07. The molecule has 3 rings (SSSR count). The molecule has 0 unspecified atom stereocenters. The third-order valence-electron chi connectivity index (χ3n) is 4.38. The van der Waals surface area contributed by atoms with Crippen LogP contribution in [-0.2, 0) is 18.4 Å². The number of unbranched alkanes of at least 4 members (excludes halogenated alkanes) is 1. The summed E-state index contributed by atoms with van der Waals surface area (Å²) >= 11 is 0. The number of rotatable bonds is 8. The molecular weight excluding hydrogens is 326 g/mol. The minimum Gasteiger partial charge on any atom is -0.494 e. The lowest BCUT2D eigenvalue weighted by atomic mass is 10.2. The minimum atomic E-state index is 0.0487. The molecule has 0 aliphatic carbocycles. The van der Waals surface area contributed by atoms with Gasteiger partial charge in [0.2, 0.25) is 5.91 Å². The van der Waals surface area contributed by atoms with E-state index in [0.717, 1.165) is 35.4 Å². The SMILES string of the molecule is Cc1cccc(OCCCCC(=O)NCc2nc3ccccc3n2C)c1. The maximum atomic E-state index is 12.0. The highest BCUT2D eigenvalue weighted by Gasteiger charge is 2.08. The minimum absolute atomic E-state index is 0.0487. The van der Waals surface area contributed by atoms with Crippen LogP contribution in [0.5, 0.6) is 5.75 Å². The van der Waals surface area contributed by atoms with Crippen molar-refractivity contribution in [1.29, 1.82) is 0 Å². The molecule has 0 fully saturated rings. The van der Waals surface area contributed by atoms with Crippen molar-refractivity contribution in [3.05, 3.63) is 59.9 Å². The molecule has 5 nitrogen and oxygen atoms in total. The highest BCUT2D eigenvalue weighted by molar-refractivity contribution is 5.77. The molecule has 0 spiro atoms. The summed E-state index contributed by atoms with van der Waals surface area (Å²) in [4.78, 5) is 16.6. The molecule has 1 N–H and O–H groups in total. The van der Waals surface area contributed by atoms with E-state index in [1.54, 1.807) is 0 Å². The molecule has 0 atom stereocenters. The molecule has 1 heterocycles. The van der Waals surface area contributed by atoms with Gasteiger partial charge in [-0.25, -0.2) is 4.98 Å². The molecule has 2 aromatic carbocycles. The fourth-order valence-electron chi connectivity index (χ4n) is 2.90. The number of ether oxygens (including phenoxy) is 1. The number of carbonyl (C=O) groups excluding carboxylic acids is 1. The van der Waals surface area contributed by atoms with E-state index >= 15 is 0 Å². The maximum absolute atomic E-state index is 12.0. The van der Waals surface area contributed by atoms with E-state index in [4.69, 9.17) is 4.74 Å². The second-order valence-electron chi connectivity index (χ2n) is 6.47. The van der Waals surface area contributed by atoms with Gasteiger partial charge in [0.15, 0.2) is 0 Å². The Labute approximate surface area is 154 Å². The van der Waals surface area contributed by atoms with Crippen molar-refractivity contribution >= 4 is 16.9 Å². The van der Waals surface area contributed by atoms with Crippen LogP contribution in [0.1, 0.15) is 30.7 Å². The zero-order valence-corrected chi connectivity index (χ0v) is 15.4. The molecule has 0 aliphatic rings. The third-order valence-corrected chi connectivity index (χ3v) is 4.38. The molecule has 5 heteroatoms. The Morgan fingerprint density at radius 3 is 2.81 bits per heavy atom. The lowest BCUT2D eigenvalue weighted by molar-refractivity contribution is -0.121. The lowest BCUT2D eigenvalue weighted by Crippen LogP contribution is -2.24. The summed E-state index contributed by atoms with van der Waals surface area (Å²) in [5, 5.41) is 2.95. The van der Waals surface area contributed by atoms with E-state index < -0.39 is 0 Å². The van der Waals surface area contributed by atoms with Gasteiger partial charge in [-0.1, -0.05) is 24.3 Å². The van der Waals surface area contributed by atoms with Crippen molar-refractivity contribution < 1.29 is 9.53 Å². The summed E-state index contributed by atoms with van der Waals surface area (Å²) in [6.45, 7) is 3.12. The second-order valence-corrected chi connectivity index (χ2v) is 6.47. The summed E-state index contributed by atoms with van der Waals surface area (Å²) < 4.78 is 7.72. The zero-order valence-electron chi connectivity index (χ0n) is 15.4. The van der Waals surface area contributed by atoms with Crippen LogP contribution < -0.4 is 10.1 Å². The second kappa shape index (κ2) is 8.52. The first kappa shape index (κ1) is 18.0. The Kier molecular flexibility index (Phi) is 5.89. The smallest absolute Gasteiger partial charge is 0.220 e. The molecule has 0 radical (unpaired) electrons. The van der Waals surface area contributed by atoms with Crippen LogP contribution in [-0.4, -0.2) is 22.1 Å². The number of carbonyl (C=O) groups is 1. The molecular formula is C21H25N3O2. The van der Waals surface area contributed by atoms with Gasteiger partial charge in [0.25, 0.3) is 0 Å². The monoisotopic (exact) mass is 351 g/mol. The van der Waals surface area contributed by atoms with Gasteiger partial charge in [0.05, 0.1) is 24.2 Å². The standard InChI is InChI=1S/C21H25N3O2/c1-16-8-7-9-17(14-16)26-13-6-5-12-21(25)22-15-20-23-18-10-3-4-11-19(18)24(20)2/h3-4,7-11,14H,5-6,12-13,15H2,1-2H3,(H,22,25). The number of aromatic nitrogens is 2. The first-order valence-corrected chi connectivity index (χ1v) is 9.00. The van der Waals surface area contributed by atoms with Crippen molar-refractivity contribution in [2.45, 2.75) is 32.7 Å². The van der Waals surface area contributed by atoms with Gasteiger partial charge in [0.1, 0.15) is 11.6 Å². The molecule has 0 saturated carbocycles. The van der Waals surface area contributed by atoms with Gasteiger partial charge in [-0.15, -0.1) is 0 Å². The number of benzene rings is 2. The van der Waals surface area contributed by atoms with Gasteiger partial charge >= 0.3 is 0 Å².